The van der Waals surface area contributed by atoms with E-state index < -0.39 is 28.8 Å². The molecule has 144 valence electrons. The van der Waals surface area contributed by atoms with E-state index in [0.717, 1.165) is 16.8 Å². The Kier molecular flexibility index (Phi) is 5.24. The highest BCUT2D eigenvalue weighted by molar-refractivity contribution is 6.30. The zero-order valence-corrected chi connectivity index (χ0v) is 15.2. The van der Waals surface area contributed by atoms with Gasteiger partial charge in [-0.05, 0) is 37.3 Å². The van der Waals surface area contributed by atoms with Crippen molar-refractivity contribution >= 4 is 23.2 Å². The first kappa shape index (κ1) is 19.6. The Bertz CT molecular complexity index is 1110. The van der Waals surface area contributed by atoms with Crippen LogP contribution < -0.4 is 10.7 Å². The number of para-hydroxylation sites is 1. The molecule has 9 heteroatoms. The summed E-state index contributed by atoms with van der Waals surface area (Å²) in [5, 5.41) is 6.72. The highest BCUT2D eigenvalue weighted by Crippen LogP contribution is 2.33. The van der Waals surface area contributed by atoms with Crippen molar-refractivity contribution in [3.63, 3.8) is 0 Å². The van der Waals surface area contributed by atoms with Crippen molar-refractivity contribution in [2.24, 2.45) is 0 Å². The number of hydrogen-bond acceptors (Lipinski definition) is 3. The summed E-state index contributed by atoms with van der Waals surface area (Å²) in [6.45, 7) is 1.43. The second-order valence-electron chi connectivity index (χ2n) is 5.89. The molecule has 0 saturated heterocycles. The van der Waals surface area contributed by atoms with E-state index >= 15 is 0 Å². The van der Waals surface area contributed by atoms with Crippen LogP contribution in [-0.4, -0.2) is 15.7 Å². The van der Waals surface area contributed by atoms with E-state index in [1.165, 1.54) is 31.2 Å². The molecule has 1 amide bonds. The molecule has 0 aliphatic rings. The van der Waals surface area contributed by atoms with Gasteiger partial charge in [-0.2, -0.15) is 18.3 Å². The Hall–Kier alpha value is -3.13. The number of alkyl halides is 3. The first-order valence-electron chi connectivity index (χ1n) is 8.01. The van der Waals surface area contributed by atoms with Crippen LogP contribution in [0.1, 0.15) is 21.7 Å². The van der Waals surface area contributed by atoms with E-state index in [-0.39, 0.29) is 11.4 Å². The maximum Gasteiger partial charge on any atom is 0.418 e. The van der Waals surface area contributed by atoms with Crippen LogP contribution in [0.15, 0.2) is 59.4 Å². The lowest BCUT2D eigenvalue weighted by atomic mass is 10.1. The number of carbonyl (C=O) groups excluding carboxylic acids is 1. The number of nitrogens with one attached hydrogen (secondary N) is 1. The molecule has 2 aromatic carbocycles. The summed E-state index contributed by atoms with van der Waals surface area (Å²) in [4.78, 5) is 24.7. The second kappa shape index (κ2) is 7.47. The summed E-state index contributed by atoms with van der Waals surface area (Å²) >= 11 is 5.85. The van der Waals surface area contributed by atoms with E-state index in [9.17, 15) is 22.8 Å². The largest absolute Gasteiger partial charge is 0.418 e. The van der Waals surface area contributed by atoms with Gasteiger partial charge in [0.05, 0.1) is 11.3 Å². The number of aryl methyl sites for hydroxylation is 1. The van der Waals surface area contributed by atoms with Crippen LogP contribution in [0, 0.1) is 6.92 Å². The third kappa shape index (κ3) is 4.07. The van der Waals surface area contributed by atoms with E-state index in [1.807, 2.05) is 0 Å². The van der Waals surface area contributed by atoms with Crippen LogP contribution in [0.25, 0.3) is 5.69 Å². The van der Waals surface area contributed by atoms with Crippen molar-refractivity contribution in [3.8, 4) is 5.69 Å². The van der Waals surface area contributed by atoms with Crippen LogP contribution in [0.4, 0.5) is 18.9 Å². The number of carbonyl (C=O) groups is 1. The second-order valence-corrected chi connectivity index (χ2v) is 6.33. The average molecular weight is 408 g/mol. The summed E-state index contributed by atoms with van der Waals surface area (Å²) < 4.78 is 40.9. The van der Waals surface area contributed by atoms with Gasteiger partial charge >= 0.3 is 6.18 Å². The summed E-state index contributed by atoms with van der Waals surface area (Å²) in [6.07, 6.45) is -4.63. The van der Waals surface area contributed by atoms with Crippen LogP contribution in [-0.2, 0) is 6.18 Å². The molecule has 1 aromatic heterocycles. The standard InChI is InChI=1S/C19H13ClF3N3O2/c1-11-9-16(27)17(18(28)24-13-6-4-5-12(20)10-13)25-26(11)15-8-3-2-7-14(15)19(21,22)23/h2-10H,1H3,(H,24,28). The predicted molar refractivity (Wildman–Crippen MR) is 99.0 cm³/mol. The minimum Gasteiger partial charge on any atom is -0.320 e. The van der Waals surface area contributed by atoms with Gasteiger partial charge in [-0.25, -0.2) is 4.68 Å². The van der Waals surface area contributed by atoms with Crippen molar-refractivity contribution in [3.05, 3.63) is 86.8 Å². The third-order valence-electron chi connectivity index (χ3n) is 3.84. The van der Waals surface area contributed by atoms with Gasteiger partial charge in [0.25, 0.3) is 5.91 Å². The SMILES string of the molecule is Cc1cc(=O)c(C(=O)Nc2cccc(Cl)c2)nn1-c1ccccc1C(F)(F)F. The fraction of sp³-hybridized carbons (Fsp3) is 0.105. The molecule has 0 atom stereocenters. The number of hydrogen-bond donors (Lipinski definition) is 1. The Balaban J connectivity index is 2.08. The average Bonchev–Trinajstić information content (AvgIpc) is 2.61. The molecule has 0 aliphatic carbocycles. The zero-order valence-electron chi connectivity index (χ0n) is 14.4. The molecular weight excluding hydrogens is 395 g/mol. The zero-order chi connectivity index (χ0) is 20.5. The molecule has 3 rings (SSSR count). The first-order chi connectivity index (χ1) is 13.2. The van der Waals surface area contributed by atoms with Gasteiger partial charge in [-0.1, -0.05) is 29.8 Å². The molecule has 3 aromatic rings. The topological polar surface area (TPSA) is 64.0 Å². The molecule has 0 aliphatic heterocycles. The smallest absolute Gasteiger partial charge is 0.320 e. The molecular formula is C19H13ClF3N3O2. The van der Waals surface area contributed by atoms with Crippen LogP contribution in [0.5, 0.6) is 0 Å². The quantitative estimate of drug-likeness (QED) is 0.697. The van der Waals surface area contributed by atoms with E-state index in [4.69, 9.17) is 11.6 Å². The Labute approximate surface area is 162 Å². The normalized spacial score (nSPS) is 11.3. The van der Waals surface area contributed by atoms with Crippen molar-refractivity contribution in [1.29, 1.82) is 0 Å². The molecule has 1 heterocycles. The van der Waals surface area contributed by atoms with Gasteiger partial charge < -0.3 is 5.32 Å². The summed E-state index contributed by atoms with van der Waals surface area (Å²) in [5.74, 6) is -0.856. The number of aromatic nitrogens is 2. The van der Waals surface area contributed by atoms with Crippen LogP contribution >= 0.6 is 11.6 Å². The van der Waals surface area contributed by atoms with Gasteiger partial charge in [-0.15, -0.1) is 0 Å². The molecule has 0 unspecified atom stereocenters. The van der Waals surface area contributed by atoms with Gasteiger partial charge in [0, 0.05) is 22.5 Å². The molecule has 5 nitrogen and oxygen atoms in total. The lowest BCUT2D eigenvalue weighted by molar-refractivity contribution is -0.137. The first-order valence-corrected chi connectivity index (χ1v) is 8.39. The van der Waals surface area contributed by atoms with E-state index in [2.05, 4.69) is 10.4 Å². The molecule has 0 bridgehead atoms. The van der Waals surface area contributed by atoms with Crippen molar-refractivity contribution < 1.29 is 18.0 Å². The lowest BCUT2D eigenvalue weighted by Crippen LogP contribution is -2.27. The fourth-order valence-electron chi connectivity index (χ4n) is 2.60. The maximum absolute atomic E-state index is 13.3. The number of rotatable bonds is 3. The highest BCUT2D eigenvalue weighted by atomic mass is 35.5. The maximum atomic E-state index is 13.3. The summed E-state index contributed by atoms with van der Waals surface area (Å²) in [7, 11) is 0. The van der Waals surface area contributed by atoms with Crippen molar-refractivity contribution in [2.75, 3.05) is 5.32 Å². The van der Waals surface area contributed by atoms with Crippen LogP contribution in [0.2, 0.25) is 5.02 Å². The Morgan fingerprint density at radius 3 is 2.50 bits per heavy atom. The number of anilines is 1. The van der Waals surface area contributed by atoms with Crippen molar-refractivity contribution in [1.82, 2.24) is 9.78 Å². The Morgan fingerprint density at radius 1 is 1.11 bits per heavy atom. The number of halogens is 4. The summed E-state index contributed by atoms with van der Waals surface area (Å²) in [5.41, 5.74) is -2.00. The minimum absolute atomic E-state index is 0.154. The third-order valence-corrected chi connectivity index (χ3v) is 4.08. The van der Waals surface area contributed by atoms with Gasteiger partial charge in [0.15, 0.2) is 5.69 Å². The molecule has 0 radical (unpaired) electrons. The van der Waals surface area contributed by atoms with Crippen molar-refractivity contribution in [2.45, 2.75) is 13.1 Å². The molecule has 28 heavy (non-hydrogen) atoms. The highest BCUT2D eigenvalue weighted by Gasteiger charge is 2.34. The predicted octanol–water partition coefficient (Wildman–Crippen LogP) is 4.47. The van der Waals surface area contributed by atoms with Gasteiger partial charge in [0.1, 0.15) is 0 Å². The molecule has 1 N–H and O–H groups in total. The van der Waals surface area contributed by atoms with E-state index in [0.29, 0.717) is 10.7 Å². The fourth-order valence-corrected chi connectivity index (χ4v) is 2.79. The lowest BCUT2D eigenvalue weighted by Gasteiger charge is -2.16. The number of amides is 1. The minimum atomic E-state index is -4.63. The van der Waals surface area contributed by atoms with E-state index in [1.54, 1.807) is 18.2 Å². The monoisotopic (exact) mass is 407 g/mol. The number of benzene rings is 2. The van der Waals surface area contributed by atoms with Crippen LogP contribution in [0.3, 0.4) is 0 Å². The number of nitrogens with zero attached hydrogens (tertiary/aromatic N) is 2. The molecule has 0 saturated carbocycles. The summed E-state index contributed by atoms with van der Waals surface area (Å²) in [6, 6.07) is 12.0. The Morgan fingerprint density at radius 2 is 1.82 bits per heavy atom. The molecule has 0 spiro atoms. The van der Waals surface area contributed by atoms with Gasteiger partial charge in [-0.3, -0.25) is 9.59 Å². The molecule has 0 fully saturated rings. The van der Waals surface area contributed by atoms with Gasteiger partial charge in [0.2, 0.25) is 5.43 Å².